The molecule has 0 aromatic heterocycles. The van der Waals surface area contributed by atoms with Crippen LogP contribution in [0, 0.1) is 0 Å². The van der Waals surface area contributed by atoms with Gasteiger partial charge in [-0.1, -0.05) is 30.5 Å². The van der Waals surface area contributed by atoms with Gasteiger partial charge in [0.05, 0.1) is 17.5 Å². The summed E-state index contributed by atoms with van der Waals surface area (Å²) in [5.41, 5.74) is 0.719. The lowest BCUT2D eigenvalue weighted by molar-refractivity contribution is -0.149. The van der Waals surface area contributed by atoms with E-state index in [4.69, 9.17) is 5.11 Å². The number of hydrogen-bond donors (Lipinski definition) is 1. The van der Waals surface area contributed by atoms with E-state index in [1.165, 1.54) is 24.0 Å². The molecule has 3 amide bonds. The number of carboxylic acids is 1. The Balaban J connectivity index is 1.85. The van der Waals surface area contributed by atoms with E-state index in [2.05, 4.69) is 6.58 Å². The van der Waals surface area contributed by atoms with Crippen LogP contribution in [0.25, 0.3) is 0 Å². The Hall–Kier alpha value is -2.94. The highest BCUT2D eigenvalue weighted by atomic mass is 32.2. The summed E-state index contributed by atoms with van der Waals surface area (Å²) in [6, 6.07) is 5.17. The summed E-state index contributed by atoms with van der Waals surface area (Å²) in [6.07, 6.45) is -0.321. The molecule has 0 spiro atoms. The van der Waals surface area contributed by atoms with E-state index in [1.54, 1.807) is 12.1 Å². The Morgan fingerprint density at radius 1 is 1.15 bits per heavy atom. The standard InChI is InChI=1S/C18H16N2O6S/c1-9(7-13(22)23)8-19-17(26)14(18(19)27-10(2)21)20-15(24)11-5-3-4-6-12(11)16(20)25/h3-6,14,18H,1,7-8H2,2H3,(H,22,23). The number of amides is 3. The molecule has 0 aliphatic carbocycles. The van der Waals surface area contributed by atoms with Gasteiger partial charge in [0.2, 0.25) is 5.91 Å². The zero-order valence-electron chi connectivity index (χ0n) is 14.4. The third-order valence-electron chi connectivity index (χ3n) is 4.30. The second-order valence-electron chi connectivity index (χ2n) is 6.26. The van der Waals surface area contributed by atoms with Crippen molar-refractivity contribution in [2.75, 3.05) is 6.54 Å². The van der Waals surface area contributed by atoms with Gasteiger partial charge in [-0.2, -0.15) is 0 Å². The third kappa shape index (κ3) is 3.25. The molecule has 2 aliphatic heterocycles. The van der Waals surface area contributed by atoms with Crippen molar-refractivity contribution in [3.63, 3.8) is 0 Å². The van der Waals surface area contributed by atoms with Crippen LogP contribution >= 0.6 is 11.8 Å². The minimum atomic E-state index is -1.11. The van der Waals surface area contributed by atoms with Crippen LogP contribution in [0.2, 0.25) is 0 Å². The summed E-state index contributed by atoms with van der Waals surface area (Å²) in [5.74, 6) is -2.75. The number of carboxylic acid groups (broad SMARTS) is 1. The molecule has 0 saturated carbocycles. The molecule has 9 heteroatoms. The SMILES string of the molecule is C=C(CC(=O)O)CN1C(=O)C(N2C(=O)c3ccccc3C2=O)C1SC(C)=O. The summed E-state index contributed by atoms with van der Waals surface area (Å²) in [7, 11) is 0. The number of carbonyl (C=O) groups excluding carboxylic acids is 4. The summed E-state index contributed by atoms with van der Waals surface area (Å²) in [4.78, 5) is 62.5. The number of carbonyl (C=O) groups is 5. The quantitative estimate of drug-likeness (QED) is 0.442. The van der Waals surface area contributed by atoms with Gasteiger partial charge in [0.15, 0.2) is 5.12 Å². The number of likely N-dealkylation sites (tertiary alicyclic amines) is 1. The van der Waals surface area contributed by atoms with Crippen LogP contribution in [0.3, 0.4) is 0 Å². The maximum Gasteiger partial charge on any atom is 0.307 e. The molecule has 1 aromatic rings. The lowest BCUT2D eigenvalue weighted by Gasteiger charge is -2.48. The molecule has 2 aliphatic rings. The number of nitrogens with zero attached hydrogens (tertiary/aromatic N) is 2. The van der Waals surface area contributed by atoms with Gasteiger partial charge in [-0.3, -0.25) is 28.9 Å². The number of β-lactam (4-membered cyclic amide) rings is 1. The Labute approximate surface area is 158 Å². The lowest BCUT2D eigenvalue weighted by atomic mass is 10.0. The van der Waals surface area contributed by atoms with Crippen molar-refractivity contribution < 1.29 is 29.1 Å². The largest absolute Gasteiger partial charge is 0.481 e. The van der Waals surface area contributed by atoms with Crippen LogP contribution in [-0.2, 0) is 14.4 Å². The number of benzene rings is 1. The number of hydrogen-bond acceptors (Lipinski definition) is 6. The zero-order chi connectivity index (χ0) is 19.9. The summed E-state index contributed by atoms with van der Waals surface area (Å²) >= 11 is 0.823. The number of rotatable bonds is 6. The van der Waals surface area contributed by atoms with E-state index in [-0.39, 0.29) is 34.8 Å². The highest BCUT2D eigenvalue weighted by Crippen LogP contribution is 2.38. The van der Waals surface area contributed by atoms with Crippen molar-refractivity contribution in [2.24, 2.45) is 0 Å². The van der Waals surface area contributed by atoms with Crippen molar-refractivity contribution in [1.29, 1.82) is 0 Å². The molecule has 140 valence electrons. The van der Waals surface area contributed by atoms with Gasteiger partial charge in [0.1, 0.15) is 11.4 Å². The van der Waals surface area contributed by atoms with Crippen molar-refractivity contribution in [3.8, 4) is 0 Å². The van der Waals surface area contributed by atoms with Crippen LogP contribution in [0.1, 0.15) is 34.1 Å². The van der Waals surface area contributed by atoms with E-state index in [0.29, 0.717) is 0 Å². The fraction of sp³-hybridized carbons (Fsp3) is 0.278. The molecule has 27 heavy (non-hydrogen) atoms. The van der Waals surface area contributed by atoms with Gasteiger partial charge in [-0.05, 0) is 17.7 Å². The summed E-state index contributed by atoms with van der Waals surface area (Å²) in [5, 5.41) is 7.77. The molecular weight excluding hydrogens is 372 g/mol. The van der Waals surface area contributed by atoms with Gasteiger partial charge in [0.25, 0.3) is 11.8 Å². The van der Waals surface area contributed by atoms with E-state index in [1.807, 2.05) is 0 Å². The first kappa shape index (κ1) is 18.8. The molecule has 2 unspecified atom stereocenters. The Kier molecular flexibility index (Phi) is 4.88. The number of thioether (sulfide) groups is 1. The monoisotopic (exact) mass is 388 g/mol. The highest BCUT2D eigenvalue weighted by molar-refractivity contribution is 8.14. The third-order valence-corrected chi connectivity index (χ3v) is 5.38. The molecule has 0 bridgehead atoms. The minimum absolute atomic E-state index is 0.0598. The van der Waals surface area contributed by atoms with Crippen molar-refractivity contribution in [2.45, 2.75) is 24.8 Å². The fourth-order valence-electron chi connectivity index (χ4n) is 3.18. The number of aliphatic carboxylic acids is 1. The Morgan fingerprint density at radius 2 is 1.70 bits per heavy atom. The molecule has 1 aromatic carbocycles. The van der Waals surface area contributed by atoms with Crippen molar-refractivity contribution >= 4 is 40.6 Å². The summed E-state index contributed by atoms with van der Waals surface area (Å²) < 4.78 is 0. The van der Waals surface area contributed by atoms with Crippen LogP contribution in [0.4, 0.5) is 0 Å². The normalized spacial score (nSPS) is 21.1. The first-order valence-electron chi connectivity index (χ1n) is 8.05. The van der Waals surface area contributed by atoms with Crippen LogP contribution in [0.5, 0.6) is 0 Å². The van der Waals surface area contributed by atoms with Crippen molar-refractivity contribution in [3.05, 3.63) is 47.5 Å². The average molecular weight is 388 g/mol. The van der Waals surface area contributed by atoms with E-state index in [0.717, 1.165) is 16.7 Å². The zero-order valence-corrected chi connectivity index (χ0v) is 15.2. The lowest BCUT2D eigenvalue weighted by Crippen LogP contribution is -2.70. The van der Waals surface area contributed by atoms with E-state index in [9.17, 15) is 24.0 Å². The number of imide groups is 1. The smallest absolute Gasteiger partial charge is 0.307 e. The maximum atomic E-state index is 12.7. The van der Waals surface area contributed by atoms with Crippen LogP contribution in [-0.4, -0.2) is 61.7 Å². The molecule has 8 nitrogen and oxygen atoms in total. The molecule has 2 atom stereocenters. The Morgan fingerprint density at radius 3 is 2.19 bits per heavy atom. The first-order chi connectivity index (χ1) is 12.7. The molecule has 3 rings (SSSR count). The molecule has 1 N–H and O–H groups in total. The average Bonchev–Trinajstić information content (AvgIpc) is 2.84. The first-order valence-corrected chi connectivity index (χ1v) is 8.93. The topological polar surface area (TPSA) is 112 Å². The summed E-state index contributed by atoms with van der Waals surface area (Å²) in [6.45, 7) is 4.89. The second kappa shape index (κ2) is 6.99. The Bertz CT molecular complexity index is 861. The van der Waals surface area contributed by atoms with Gasteiger partial charge in [-0.15, -0.1) is 0 Å². The van der Waals surface area contributed by atoms with Crippen molar-refractivity contribution in [1.82, 2.24) is 9.80 Å². The van der Waals surface area contributed by atoms with E-state index < -0.39 is 35.1 Å². The fourth-order valence-corrected chi connectivity index (χ4v) is 4.19. The van der Waals surface area contributed by atoms with E-state index >= 15 is 0 Å². The molecule has 1 saturated heterocycles. The predicted octanol–water partition coefficient (Wildman–Crippen LogP) is 1.13. The minimum Gasteiger partial charge on any atom is -0.481 e. The van der Waals surface area contributed by atoms with Gasteiger partial charge >= 0.3 is 5.97 Å². The maximum absolute atomic E-state index is 12.7. The molecule has 1 fully saturated rings. The molecule has 2 heterocycles. The van der Waals surface area contributed by atoms with Crippen LogP contribution < -0.4 is 0 Å². The predicted molar refractivity (Wildman–Crippen MR) is 95.9 cm³/mol. The second-order valence-corrected chi connectivity index (χ2v) is 7.55. The van der Waals surface area contributed by atoms with Gasteiger partial charge < -0.3 is 10.0 Å². The number of fused-ring (bicyclic) bond motifs is 1. The van der Waals surface area contributed by atoms with Crippen LogP contribution in [0.15, 0.2) is 36.4 Å². The highest BCUT2D eigenvalue weighted by Gasteiger charge is 2.56. The molecular formula is C18H16N2O6S. The molecule has 0 radical (unpaired) electrons. The van der Waals surface area contributed by atoms with Gasteiger partial charge in [-0.25, -0.2) is 0 Å². The van der Waals surface area contributed by atoms with Gasteiger partial charge in [0, 0.05) is 13.5 Å².